The van der Waals surface area contributed by atoms with Crippen molar-refractivity contribution in [1.82, 2.24) is 9.78 Å². The summed E-state index contributed by atoms with van der Waals surface area (Å²) in [5, 5.41) is 4.39. The van der Waals surface area contributed by atoms with Gasteiger partial charge in [-0.1, -0.05) is 6.92 Å². The summed E-state index contributed by atoms with van der Waals surface area (Å²) >= 11 is 1.96. The first-order valence-electron chi connectivity index (χ1n) is 4.33. The lowest BCUT2D eigenvalue weighted by Crippen LogP contribution is -2.04. The van der Waals surface area contributed by atoms with Gasteiger partial charge in [-0.3, -0.25) is 4.68 Å². The Kier molecular flexibility index (Phi) is 3.66. The maximum atomic E-state index is 4.39. The zero-order valence-corrected chi connectivity index (χ0v) is 8.82. The van der Waals surface area contributed by atoms with Crippen LogP contribution in [0.15, 0.2) is 6.07 Å². The zero-order valence-electron chi connectivity index (χ0n) is 8.00. The summed E-state index contributed by atoms with van der Waals surface area (Å²) in [5.41, 5.74) is 2.39. The van der Waals surface area contributed by atoms with E-state index < -0.39 is 0 Å². The van der Waals surface area contributed by atoms with Gasteiger partial charge in [0.2, 0.25) is 0 Å². The first kappa shape index (κ1) is 9.65. The van der Waals surface area contributed by atoms with Gasteiger partial charge in [0, 0.05) is 11.4 Å². The second kappa shape index (κ2) is 4.55. The minimum absolute atomic E-state index is 1.04. The summed E-state index contributed by atoms with van der Waals surface area (Å²) in [6.07, 6.45) is 0. The summed E-state index contributed by atoms with van der Waals surface area (Å²) in [7, 11) is 0. The van der Waals surface area contributed by atoms with Gasteiger partial charge in [0.25, 0.3) is 0 Å². The molecular weight excluding hydrogens is 168 g/mol. The molecule has 1 aromatic rings. The molecule has 1 rings (SSSR count). The summed E-state index contributed by atoms with van der Waals surface area (Å²) < 4.78 is 2.08. The molecule has 0 aromatic carbocycles. The van der Waals surface area contributed by atoms with E-state index in [9.17, 15) is 0 Å². The molecule has 0 saturated heterocycles. The molecule has 0 aliphatic heterocycles. The molecule has 0 saturated carbocycles. The number of aromatic nitrogens is 2. The number of hydrogen-bond acceptors (Lipinski definition) is 2. The van der Waals surface area contributed by atoms with Gasteiger partial charge in [0.1, 0.15) is 0 Å². The van der Waals surface area contributed by atoms with E-state index in [2.05, 4.69) is 29.7 Å². The van der Waals surface area contributed by atoms with Crippen molar-refractivity contribution >= 4 is 11.8 Å². The minimum Gasteiger partial charge on any atom is -0.269 e. The average Bonchev–Trinajstić information content (AvgIpc) is 2.31. The summed E-state index contributed by atoms with van der Waals surface area (Å²) in [6.45, 7) is 7.37. The monoisotopic (exact) mass is 184 g/mol. The van der Waals surface area contributed by atoms with Gasteiger partial charge in [0.15, 0.2) is 0 Å². The van der Waals surface area contributed by atoms with Gasteiger partial charge in [-0.15, -0.1) is 0 Å². The molecule has 0 atom stereocenters. The van der Waals surface area contributed by atoms with Crippen molar-refractivity contribution in [2.24, 2.45) is 0 Å². The van der Waals surface area contributed by atoms with E-state index in [1.54, 1.807) is 0 Å². The van der Waals surface area contributed by atoms with Crippen LogP contribution >= 0.6 is 11.8 Å². The van der Waals surface area contributed by atoms with Crippen LogP contribution < -0.4 is 0 Å². The molecule has 0 unspecified atom stereocenters. The Morgan fingerprint density at radius 2 is 2.25 bits per heavy atom. The number of rotatable bonds is 4. The van der Waals surface area contributed by atoms with Crippen molar-refractivity contribution < 1.29 is 0 Å². The lowest BCUT2D eigenvalue weighted by atomic mass is 10.4. The molecule has 0 amide bonds. The molecule has 0 bridgehead atoms. The summed E-state index contributed by atoms with van der Waals surface area (Å²) in [4.78, 5) is 0. The molecule has 0 aliphatic rings. The Bertz CT molecular complexity index is 243. The van der Waals surface area contributed by atoms with Gasteiger partial charge in [-0.25, -0.2) is 0 Å². The highest BCUT2D eigenvalue weighted by atomic mass is 32.2. The van der Waals surface area contributed by atoms with E-state index in [4.69, 9.17) is 0 Å². The average molecular weight is 184 g/mol. The number of aryl methyl sites for hydroxylation is 3. The topological polar surface area (TPSA) is 17.8 Å². The smallest absolute Gasteiger partial charge is 0.0596 e. The second-order valence-electron chi connectivity index (χ2n) is 2.85. The fraction of sp³-hybridized carbons (Fsp3) is 0.667. The maximum Gasteiger partial charge on any atom is 0.0596 e. The number of nitrogens with zero attached hydrogens (tertiary/aromatic N) is 2. The molecule has 0 radical (unpaired) electrons. The van der Waals surface area contributed by atoms with Crippen LogP contribution in [0, 0.1) is 13.8 Å². The first-order valence-corrected chi connectivity index (χ1v) is 5.48. The SMILES string of the molecule is CCSCCn1nc(C)cc1C. The van der Waals surface area contributed by atoms with E-state index in [-0.39, 0.29) is 0 Å². The molecule has 68 valence electrons. The molecule has 0 aliphatic carbocycles. The fourth-order valence-corrected chi connectivity index (χ4v) is 1.79. The summed E-state index contributed by atoms with van der Waals surface area (Å²) in [6, 6.07) is 2.12. The van der Waals surface area contributed by atoms with Crippen molar-refractivity contribution in [1.29, 1.82) is 0 Å². The standard InChI is InChI=1S/C9H16N2S/c1-4-12-6-5-11-9(3)7-8(2)10-11/h7H,4-6H2,1-3H3. The van der Waals surface area contributed by atoms with E-state index in [1.807, 2.05) is 18.7 Å². The van der Waals surface area contributed by atoms with Gasteiger partial charge in [-0.05, 0) is 25.7 Å². The maximum absolute atomic E-state index is 4.39. The molecule has 0 N–H and O–H groups in total. The zero-order chi connectivity index (χ0) is 8.97. The quantitative estimate of drug-likeness (QED) is 0.668. The van der Waals surface area contributed by atoms with Crippen LogP contribution in [0.2, 0.25) is 0 Å². The van der Waals surface area contributed by atoms with Crippen LogP contribution in [0.5, 0.6) is 0 Å². The van der Waals surface area contributed by atoms with Crippen molar-refractivity contribution in [2.75, 3.05) is 11.5 Å². The van der Waals surface area contributed by atoms with Crippen LogP contribution in [-0.2, 0) is 6.54 Å². The normalized spacial score (nSPS) is 10.6. The molecule has 12 heavy (non-hydrogen) atoms. The van der Waals surface area contributed by atoms with E-state index in [0.717, 1.165) is 12.2 Å². The van der Waals surface area contributed by atoms with Crippen molar-refractivity contribution in [3.8, 4) is 0 Å². The van der Waals surface area contributed by atoms with Crippen LogP contribution in [0.4, 0.5) is 0 Å². The van der Waals surface area contributed by atoms with E-state index in [0.29, 0.717) is 0 Å². The third-order valence-corrected chi connectivity index (χ3v) is 2.63. The highest BCUT2D eigenvalue weighted by molar-refractivity contribution is 7.99. The Morgan fingerprint density at radius 1 is 1.50 bits per heavy atom. The molecule has 0 spiro atoms. The molecular formula is C9H16N2S. The number of thioether (sulfide) groups is 1. The highest BCUT2D eigenvalue weighted by Gasteiger charge is 1.98. The highest BCUT2D eigenvalue weighted by Crippen LogP contribution is 2.04. The second-order valence-corrected chi connectivity index (χ2v) is 4.24. The van der Waals surface area contributed by atoms with Crippen molar-refractivity contribution in [3.63, 3.8) is 0 Å². The largest absolute Gasteiger partial charge is 0.269 e. The Balaban J connectivity index is 2.45. The van der Waals surface area contributed by atoms with Crippen molar-refractivity contribution in [2.45, 2.75) is 27.3 Å². The summed E-state index contributed by atoms with van der Waals surface area (Å²) in [5.74, 6) is 2.36. The van der Waals surface area contributed by atoms with Crippen LogP contribution in [-0.4, -0.2) is 21.3 Å². The Labute approximate surface area is 78.4 Å². The molecule has 1 heterocycles. The van der Waals surface area contributed by atoms with E-state index >= 15 is 0 Å². The lowest BCUT2D eigenvalue weighted by Gasteiger charge is -2.02. The fourth-order valence-electron chi connectivity index (χ4n) is 1.20. The van der Waals surface area contributed by atoms with Gasteiger partial charge in [-0.2, -0.15) is 16.9 Å². The molecule has 2 nitrogen and oxygen atoms in total. The van der Waals surface area contributed by atoms with Gasteiger partial charge in [0.05, 0.1) is 12.2 Å². The third kappa shape index (κ3) is 2.55. The molecule has 1 aromatic heterocycles. The van der Waals surface area contributed by atoms with E-state index in [1.165, 1.54) is 17.2 Å². The third-order valence-electron chi connectivity index (χ3n) is 1.75. The van der Waals surface area contributed by atoms with Crippen LogP contribution in [0.1, 0.15) is 18.3 Å². The predicted octanol–water partition coefficient (Wildman–Crippen LogP) is 2.25. The molecule has 3 heteroatoms. The van der Waals surface area contributed by atoms with Crippen LogP contribution in [0.25, 0.3) is 0 Å². The Morgan fingerprint density at radius 3 is 2.75 bits per heavy atom. The predicted molar refractivity (Wildman–Crippen MR) is 54.7 cm³/mol. The van der Waals surface area contributed by atoms with Gasteiger partial charge >= 0.3 is 0 Å². The van der Waals surface area contributed by atoms with Crippen LogP contribution in [0.3, 0.4) is 0 Å². The number of hydrogen-bond donors (Lipinski definition) is 0. The lowest BCUT2D eigenvalue weighted by molar-refractivity contribution is 0.640. The minimum atomic E-state index is 1.04. The van der Waals surface area contributed by atoms with Crippen molar-refractivity contribution in [3.05, 3.63) is 17.5 Å². The molecule has 0 fully saturated rings. The van der Waals surface area contributed by atoms with Gasteiger partial charge < -0.3 is 0 Å². The first-order chi connectivity index (χ1) is 5.74. The Hall–Kier alpha value is -0.440.